The van der Waals surface area contributed by atoms with E-state index in [0.717, 1.165) is 5.56 Å². The molecule has 0 unspecified atom stereocenters. The first kappa shape index (κ1) is 8.56. The molecule has 2 N–H and O–H groups in total. The normalized spacial score (nSPS) is 20.9. The van der Waals surface area contributed by atoms with Crippen LogP contribution >= 0.6 is 0 Å². The molecule has 0 amide bonds. The summed E-state index contributed by atoms with van der Waals surface area (Å²) in [5, 5.41) is 0. The Morgan fingerprint density at radius 3 is 2.15 bits per heavy atom. The molecule has 0 radical (unpaired) electrons. The standard InChI is InChI=1S/C9H11NO2S/c10-9-3-1-7(2-4-9)8-5-13(11,12)6-8/h1-4,8H,5-6,10H2. The molecule has 2 rings (SSSR count). The molecule has 70 valence electrons. The Balaban J connectivity index is 2.16. The van der Waals surface area contributed by atoms with Gasteiger partial charge in [-0.3, -0.25) is 0 Å². The third-order valence-electron chi connectivity index (χ3n) is 2.32. The van der Waals surface area contributed by atoms with Crippen LogP contribution in [0.15, 0.2) is 24.3 Å². The van der Waals surface area contributed by atoms with Gasteiger partial charge in [0.1, 0.15) is 0 Å². The highest BCUT2D eigenvalue weighted by atomic mass is 32.2. The van der Waals surface area contributed by atoms with Gasteiger partial charge in [0.25, 0.3) is 0 Å². The average Bonchev–Trinajstić information content (AvgIpc) is 2.01. The molecule has 4 heteroatoms. The van der Waals surface area contributed by atoms with E-state index in [1.165, 1.54) is 0 Å². The molecule has 0 atom stereocenters. The van der Waals surface area contributed by atoms with Crippen LogP contribution in [0, 0.1) is 0 Å². The van der Waals surface area contributed by atoms with E-state index in [1.54, 1.807) is 12.1 Å². The number of hydrogen-bond acceptors (Lipinski definition) is 3. The van der Waals surface area contributed by atoms with Crippen molar-refractivity contribution >= 4 is 15.5 Å². The lowest BCUT2D eigenvalue weighted by Crippen LogP contribution is -2.34. The van der Waals surface area contributed by atoms with Gasteiger partial charge in [0.05, 0.1) is 11.5 Å². The second kappa shape index (κ2) is 2.73. The molecule has 3 nitrogen and oxygen atoms in total. The van der Waals surface area contributed by atoms with Crippen LogP contribution in [0.2, 0.25) is 0 Å². The molecule has 0 aliphatic carbocycles. The monoisotopic (exact) mass is 197 g/mol. The molecule has 0 bridgehead atoms. The summed E-state index contributed by atoms with van der Waals surface area (Å²) >= 11 is 0. The smallest absolute Gasteiger partial charge is 0.151 e. The fourth-order valence-corrected chi connectivity index (χ4v) is 3.04. The van der Waals surface area contributed by atoms with Gasteiger partial charge in [-0.25, -0.2) is 8.42 Å². The van der Waals surface area contributed by atoms with Crippen LogP contribution in [-0.4, -0.2) is 19.9 Å². The maximum Gasteiger partial charge on any atom is 0.151 e. The lowest BCUT2D eigenvalue weighted by atomic mass is 10.0. The minimum Gasteiger partial charge on any atom is -0.399 e. The van der Waals surface area contributed by atoms with Crippen molar-refractivity contribution in [2.75, 3.05) is 17.2 Å². The van der Waals surface area contributed by atoms with E-state index in [9.17, 15) is 8.42 Å². The molecule has 13 heavy (non-hydrogen) atoms. The quantitative estimate of drug-likeness (QED) is 0.677. The van der Waals surface area contributed by atoms with Crippen molar-refractivity contribution in [3.05, 3.63) is 29.8 Å². The van der Waals surface area contributed by atoms with Crippen molar-refractivity contribution in [3.63, 3.8) is 0 Å². The molecule has 1 fully saturated rings. The number of rotatable bonds is 1. The molecule has 1 aliphatic rings. The van der Waals surface area contributed by atoms with E-state index in [0.29, 0.717) is 5.69 Å². The van der Waals surface area contributed by atoms with Crippen molar-refractivity contribution in [3.8, 4) is 0 Å². The van der Waals surface area contributed by atoms with Crippen molar-refractivity contribution in [2.24, 2.45) is 0 Å². The summed E-state index contributed by atoms with van der Waals surface area (Å²) in [5.41, 5.74) is 7.31. The summed E-state index contributed by atoms with van der Waals surface area (Å²) in [6.07, 6.45) is 0. The van der Waals surface area contributed by atoms with E-state index in [2.05, 4.69) is 0 Å². The summed E-state index contributed by atoms with van der Waals surface area (Å²) < 4.78 is 21.8. The van der Waals surface area contributed by atoms with Gasteiger partial charge in [0, 0.05) is 11.6 Å². The first-order chi connectivity index (χ1) is 6.07. The summed E-state index contributed by atoms with van der Waals surface area (Å²) in [4.78, 5) is 0. The number of sulfone groups is 1. The maximum atomic E-state index is 10.9. The third kappa shape index (κ3) is 1.67. The Morgan fingerprint density at radius 2 is 1.69 bits per heavy atom. The first-order valence-corrected chi connectivity index (χ1v) is 5.95. The highest BCUT2D eigenvalue weighted by Gasteiger charge is 2.34. The van der Waals surface area contributed by atoms with E-state index < -0.39 is 9.84 Å². The molecular weight excluding hydrogens is 186 g/mol. The first-order valence-electron chi connectivity index (χ1n) is 4.13. The van der Waals surface area contributed by atoms with Crippen LogP contribution in [0.25, 0.3) is 0 Å². The van der Waals surface area contributed by atoms with Gasteiger partial charge in [-0.2, -0.15) is 0 Å². The van der Waals surface area contributed by atoms with Crippen molar-refractivity contribution in [1.29, 1.82) is 0 Å². The Labute approximate surface area is 77.5 Å². The fourth-order valence-electron chi connectivity index (χ4n) is 1.52. The lowest BCUT2D eigenvalue weighted by Gasteiger charge is -2.25. The highest BCUT2D eigenvalue weighted by Crippen LogP contribution is 2.29. The Hall–Kier alpha value is -1.03. The van der Waals surface area contributed by atoms with E-state index in [4.69, 9.17) is 5.73 Å². The Kier molecular flexibility index (Phi) is 1.80. The molecule has 1 aromatic carbocycles. The average molecular weight is 197 g/mol. The van der Waals surface area contributed by atoms with E-state index in [1.807, 2.05) is 12.1 Å². The summed E-state index contributed by atoms with van der Waals surface area (Å²) in [6, 6.07) is 7.41. The van der Waals surface area contributed by atoms with E-state index in [-0.39, 0.29) is 17.4 Å². The molecular formula is C9H11NO2S. The summed E-state index contributed by atoms with van der Waals surface area (Å²) in [7, 11) is -2.72. The van der Waals surface area contributed by atoms with Crippen LogP contribution in [0.4, 0.5) is 5.69 Å². The largest absolute Gasteiger partial charge is 0.399 e. The maximum absolute atomic E-state index is 10.9. The molecule has 1 saturated heterocycles. The van der Waals surface area contributed by atoms with Crippen molar-refractivity contribution < 1.29 is 8.42 Å². The van der Waals surface area contributed by atoms with Gasteiger partial charge in [0.15, 0.2) is 9.84 Å². The highest BCUT2D eigenvalue weighted by molar-refractivity contribution is 7.92. The van der Waals surface area contributed by atoms with Gasteiger partial charge >= 0.3 is 0 Å². The van der Waals surface area contributed by atoms with Gasteiger partial charge < -0.3 is 5.73 Å². The molecule has 1 heterocycles. The van der Waals surface area contributed by atoms with Gasteiger partial charge in [0.2, 0.25) is 0 Å². The SMILES string of the molecule is Nc1ccc(C2CS(=O)(=O)C2)cc1. The minimum atomic E-state index is -2.72. The van der Waals surface area contributed by atoms with Gasteiger partial charge in [-0.05, 0) is 17.7 Å². The van der Waals surface area contributed by atoms with Crippen molar-refractivity contribution in [1.82, 2.24) is 0 Å². The topological polar surface area (TPSA) is 60.2 Å². The third-order valence-corrected chi connectivity index (χ3v) is 4.14. The zero-order chi connectivity index (χ0) is 9.47. The lowest BCUT2D eigenvalue weighted by molar-refractivity contribution is 0.565. The predicted molar refractivity (Wildman–Crippen MR) is 52.2 cm³/mol. The fraction of sp³-hybridized carbons (Fsp3) is 0.333. The number of anilines is 1. The van der Waals surface area contributed by atoms with E-state index >= 15 is 0 Å². The Bertz CT molecular complexity index is 396. The predicted octanol–water partition coefficient (Wildman–Crippen LogP) is 0.781. The second-order valence-electron chi connectivity index (χ2n) is 3.44. The second-order valence-corrected chi connectivity index (χ2v) is 5.59. The molecule has 1 aromatic rings. The molecule has 0 saturated carbocycles. The van der Waals surface area contributed by atoms with Crippen LogP contribution < -0.4 is 5.73 Å². The molecule has 1 aliphatic heterocycles. The number of hydrogen-bond donors (Lipinski definition) is 1. The zero-order valence-electron chi connectivity index (χ0n) is 7.10. The Morgan fingerprint density at radius 1 is 1.15 bits per heavy atom. The van der Waals surface area contributed by atoms with Crippen LogP contribution in [0.3, 0.4) is 0 Å². The summed E-state index contributed by atoms with van der Waals surface area (Å²) in [6.45, 7) is 0. The number of nitrogens with two attached hydrogens (primary N) is 1. The van der Waals surface area contributed by atoms with Crippen LogP contribution in [-0.2, 0) is 9.84 Å². The number of benzene rings is 1. The summed E-state index contributed by atoms with van der Waals surface area (Å²) in [5.74, 6) is 0.763. The van der Waals surface area contributed by atoms with Crippen LogP contribution in [0.5, 0.6) is 0 Å². The van der Waals surface area contributed by atoms with Gasteiger partial charge in [-0.1, -0.05) is 12.1 Å². The minimum absolute atomic E-state index is 0.186. The zero-order valence-corrected chi connectivity index (χ0v) is 7.92. The number of nitrogen functional groups attached to an aromatic ring is 1. The van der Waals surface area contributed by atoms with Crippen molar-refractivity contribution in [2.45, 2.75) is 5.92 Å². The van der Waals surface area contributed by atoms with Crippen LogP contribution in [0.1, 0.15) is 11.5 Å². The molecule has 0 spiro atoms. The van der Waals surface area contributed by atoms with Gasteiger partial charge in [-0.15, -0.1) is 0 Å². The molecule has 0 aromatic heterocycles.